The first-order valence-electron chi connectivity index (χ1n) is 6.97. The lowest BCUT2D eigenvalue weighted by molar-refractivity contribution is -0.148. The Balaban J connectivity index is 1.97. The summed E-state index contributed by atoms with van der Waals surface area (Å²) < 4.78 is 5.44. The molecule has 20 heavy (non-hydrogen) atoms. The molecule has 0 spiro atoms. The lowest BCUT2D eigenvalue weighted by atomic mass is 10.0. The number of rotatable bonds is 4. The highest BCUT2D eigenvalue weighted by atomic mass is 16.5. The zero-order chi connectivity index (χ0) is 15.1. The van der Waals surface area contributed by atoms with E-state index in [1.165, 1.54) is 0 Å². The molecule has 0 atom stereocenters. The second-order valence-electron chi connectivity index (χ2n) is 6.88. The van der Waals surface area contributed by atoms with Crippen LogP contribution in [0.25, 0.3) is 0 Å². The zero-order valence-corrected chi connectivity index (χ0v) is 13.2. The number of carbonyl (C=O) groups is 1. The molecule has 0 bridgehead atoms. The van der Waals surface area contributed by atoms with Gasteiger partial charge in [0.2, 0.25) is 0 Å². The van der Waals surface area contributed by atoms with Crippen molar-refractivity contribution in [1.82, 2.24) is 4.98 Å². The average molecular weight is 276 g/mol. The first-order valence-corrected chi connectivity index (χ1v) is 6.97. The lowest BCUT2D eigenvalue weighted by Gasteiger charge is -2.13. The van der Waals surface area contributed by atoms with Crippen LogP contribution in [0, 0.1) is 16.7 Å². The van der Waals surface area contributed by atoms with Crippen LogP contribution in [-0.2, 0) is 16.1 Å². The van der Waals surface area contributed by atoms with E-state index in [1.807, 2.05) is 31.1 Å². The summed E-state index contributed by atoms with van der Waals surface area (Å²) in [6, 6.07) is 3.87. The molecule has 0 amide bonds. The Bertz CT molecular complexity index is 507. The van der Waals surface area contributed by atoms with Crippen LogP contribution in [0.2, 0.25) is 0 Å². The Kier molecular flexibility index (Phi) is 3.53. The molecule has 0 aromatic carbocycles. The number of ether oxygens (including phenoxy) is 1. The number of aromatic nitrogens is 1. The minimum Gasteiger partial charge on any atom is -0.459 e. The van der Waals surface area contributed by atoms with E-state index in [0.717, 1.165) is 11.4 Å². The highest BCUT2D eigenvalue weighted by Gasteiger charge is 2.69. The van der Waals surface area contributed by atoms with Crippen LogP contribution in [0.3, 0.4) is 0 Å². The molecule has 4 heteroatoms. The van der Waals surface area contributed by atoms with Crippen molar-refractivity contribution < 1.29 is 9.53 Å². The van der Waals surface area contributed by atoms with E-state index in [1.54, 1.807) is 6.20 Å². The van der Waals surface area contributed by atoms with Gasteiger partial charge in [0.05, 0.1) is 11.6 Å². The summed E-state index contributed by atoms with van der Waals surface area (Å²) in [5.41, 5.74) is 1.87. The topological polar surface area (TPSA) is 42.4 Å². The van der Waals surface area contributed by atoms with Gasteiger partial charge >= 0.3 is 5.97 Å². The Hall–Kier alpha value is -1.58. The van der Waals surface area contributed by atoms with Crippen LogP contribution < -0.4 is 4.90 Å². The molecule has 0 radical (unpaired) electrons. The molecular formula is C16H24N2O2. The number of pyridine rings is 1. The molecule has 1 aromatic rings. The summed E-state index contributed by atoms with van der Waals surface area (Å²) in [6.07, 6.45) is 1.74. The van der Waals surface area contributed by atoms with Gasteiger partial charge in [-0.25, -0.2) is 0 Å². The number of anilines is 1. The van der Waals surface area contributed by atoms with Crippen molar-refractivity contribution >= 4 is 11.7 Å². The number of nitrogens with zero attached hydrogens (tertiary/aromatic N) is 2. The third kappa shape index (κ3) is 2.39. The molecule has 0 saturated heterocycles. The Morgan fingerprint density at radius 1 is 1.30 bits per heavy atom. The van der Waals surface area contributed by atoms with Crippen LogP contribution in [0.15, 0.2) is 18.3 Å². The lowest BCUT2D eigenvalue weighted by Crippen LogP contribution is -2.13. The highest BCUT2D eigenvalue weighted by molar-refractivity contribution is 5.78. The molecule has 0 unspecified atom stereocenters. The van der Waals surface area contributed by atoms with Crippen molar-refractivity contribution in [2.45, 2.75) is 34.3 Å². The van der Waals surface area contributed by atoms with Gasteiger partial charge in [0.25, 0.3) is 0 Å². The van der Waals surface area contributed by atoms with E-state index in [0.29, 0.717) is 0 Å². The monoisotopic (exact) mass is 276 g/mol. The third-order valence-corrected chi connectivity index (χ3v) is 4.94. The van der Waals surface area contributed by atoms with Gasteiger partial charge in [-0.1, -0.05) is 27.7 Å². The largest absolute Gasteiger partial charge is 0.459 e. The summed E-state index contributed by atoms with van der Waals surface area (Å²) in [7, 11) is 3.95. The van der Waals surface area contributed by atoms with Gasteiger partial charge in [0.1, 0.15) is 6.61 Å². The summed E-state index contributed by atoms with van der Waals surface area (Å²) >= 11 is 0. The molecule has 1 fully saturated rings. The van der Waals surface area contributed by atoms with E-state index in [2.05, 4.69) is 32.7 Å². The summed E-state index contributed by atoms with van der Waals surface area (Å²) in [4.78, 5) is 18.4. The number of hydrogen-bond acceptors (Lipinski definition) is 4. The molecular weight excluding hydrogens is 252 g/mol. The van der Waals surface area contributed by atoms with Crippen molar-refractivity contribution in [2.75, 3.05) is 19.0 Å². The predicted molar refractivity (Wildman–Crippen MR) is 79.4 cm³/mol. The molecule has 1 heterocycles. The van der Waals surface area contributed by atoms with Crippen LogP contribution in [0.4, 0.5) is 5.69 Å². The van der Waals surface area contributed by atoms with Crippen LogP contribution in [-0.4, -0.2) is 25.0 Å². The fourth-order valence-corrected chi connectivity index (χ4v) is 2.84. The van der Waals surface area contributed by atoms with E-state index < -0.39 is 0 Å². The Morgan fingerprint density at radius 3 is 2.40 bits per heavy atom. The summed E-state index contributed by atoms with van der Waals surface area (Å²) in [6.45, 7) is 8.70. The molecule has 1 saturated carbocycles. The number of esters is 1. The normalized spacial score (nSPS) is 19.5. The molecule has 0 aliphatic heterocycles. The maximum Gasteiger partial charge on any atom is 0.310 e. The summed E-state index contributed by atoms with van der Waals surface area (Å²) in [5, 5.41) is 0. The van der Waals surface area contributed by atoms with Gasteiger partial charge in [-0.05, 0) is 23.0 Å². The molecule has 2 rings (SSSR count). The van der Waals surface area contributed by atoms with Crippen LogP contribution in [0.1, 0.15) is 33.4 Å². The molecule has 1 aliphatic carbocycles. The predicted octanol–water partition coefficient (Wildman–Crippen LogP) is 2.87. The van der Waals surface area contributed by atoms with Gasteiger partial charge in [-0.3, -0.25) is 9.78 Å². The Morgan fingerprint density at radius 2 is 1.90 bits per heavy atom. The maximum absolute atomic E-state index is 12.2. The average Bonchev–Trinajstić information content (AvgIpc) is 2.77. The van der Waals surface area contributed by atoms with Gasteiger partial charge in [0.15, 0.2) is 0 Å². The minimum atomic E-state index is -0.114. The Labute approximate surface area is 121 Å². The van der Waals surface area contributed by atoms with Gasteiger partial charge < -0.3 is 9.64 Å². The van der Waals surface area contributed by atoms with E-state index in [4.69, 9.17) is 4.74 Å². The smallest absolute Gasteiger partial charge is 0.310 e. The first-order chi connectivity index (χ1) is 9.18. The second kappa shape index (κ2) is 4.76. The van der Waals surface area contributed by atoms with Crippen molar-refractivity contribution in [2.24, 2.45) is 16.7 Å². The number of carbonyl (C=O) groups excluding carboxylic acids is 1. The fraction of sp³-hybridized carbons (Fsp3) is 0.625. The van der Waals surface area contributed by atoms with Crippen LogP contribution >= 0.6 is 0 Å². The van der Waals surface area contributed by atoms with E-state index >= 15 is 0 Å². The highest BCUT2D eigenvalue weighted by Crippen LogP contribution is 2.68. The van der Waals surface area contributed by atoms with Crippen molar-refractivity contribution in [3.8, 4) is 0 Å². The second-order valence-corrected chi connectivity index (χ2v) is 6.88. The summed E-state index contributed by atoms with van der Waals surface area (Å²) in [5.74, 6) is -0.135. The zero-order valence-electron chi connectivity index (χ0n) is 13.2. The quantitative estimate of drug-likeness (QED) is 0.793. The standard InChI is InChI=1S/C16H24N2O2/c1-15(2)13(16(15,3)4)14(19)20-10-11-9-12(18(5)6)7-8-17-11/h7-9,13H,10H2,1-6H3. The van der Waals surface area contributed by atoms with E-state index in [-0.39, 0.29) is 29.3 Å². The maximum atomic E-state index is 12.2. The van der Waals surface area contributed by atoms with Crippen molar-refractivity contribution in [1.29, 1.82) is 0 Å². The van der Waals surface area contributed by atoms with Gasteiger partial charge in [0, 0.05) is 26.0 Å². The van der Waals surface area contributed by atoms with Crippen LogP contribution in [0.5, 0.6) is 0 Å². The molecule has 1 aromatic heterocycles. The first kappa shape index (κ1) is 14.8. The molecule has 4 nitrogen and oxygen atoms in total. The fourth-order valence-electron chi connectivity index (χ4n) is 2.84. The number of hydrogen-bond donors (Lipinski definition) is 0. The van der Waals surface area contributed by atoms with Crippen molar-refractivity contribution in [3.63, 3.8) is 0 Å². The van der Waals surface area contributed by atoms with Gasteiger partial charge in [-0.2, -0.15) is 0 Å². The molecule has 110 valence electrons. The third-order valence-electron chi connectivity index (χ3n) is 4.94. The molecule has 0 N–H and O–H groups in total. The van der Waals surface area contributed by atoms with Crippen molar-refractivity contribution in [3.05, 3.63) is 24.0 Å². The van der Waals surface area contributed by atoms with Gasteiger partial charge in [-0.15, -0.1) is 0 Å². The van der Waals surface area contributed by atoms with E-state index in [9.17, 15) is 4.79 Å². The SMILES string of the molecule is CN(C)c1ccnc(COC(=O)C2C(C)(C)C2(C)C)c1. The molecule has 1 aliphatic rings. The minimum absolute atomic E-state index is 0.0169.